The first-order valence-electron chi connectivity index (χ1n) is 25.2. The van der Waals surface area contributed by atoms with Gasteiger partial charge in [-0.05, 0) is 93.5 Å². The van der Waals surface area contributed by atoms with Gasteiger partial charge in [-0.3, -0.25) is 29.0 Å². The number of hydrogen-bond donors (Lipinski definition) is 4. The summed E-state index contributed by atoms with van der Waals surface area (Å²) in [5.74, 6) is -0.535. The van der Waals surface area contributed by atoms with Crippen LogP contribution in [0.4, 0.5) is 0 Å². The molecule has 4 aromatic rings. The van der Waals surface area contributed by atoms with Gasteiger partial charge in [0.15, 0.2) is 0 Å². The van der Waals surface area contributed by atoms with Crippen LogP contribution in [0.5, 0.6) is 5.75 Å². The summed E-state index contributed by atoms with van der Waals surface area (Å²) in [5.41, 5.74) is 5.49. The van der Waals surface area contributed by atoms with E-state index in [1.54, 1.807) is 29.5 Å². The maximum atomic E-state index is 14.4. The number of aryl methyl sites for hydroxylation is 2. The minimum absolute atomic E-state index is 0.00551. The summed E-state index contributed by atoms with van der Waals surface area (Å²) < 4.78 is 6.39. The summed E-state index contributed by atoms with van der Waals surface area (Å²) >= 11 is 7.85. The van der Waals surface area contributed by atoms with E-state index in [1.807, 2.05) is 88.7 Å². The summed E-state index contributed by atoms with van der Waals surface area (Å²) in [6.45, 7) is 24.7. The van der Waals surface area contributed by atoms with E-state index in [-0.39, 0.29) is 84.2 Å². The Hall–Kier alpha value is -5.37. The number of rotatable bonds is 16. The molecular weight excluding hydrogens is 948 g/mol. The lowest BCUT2D eigenvalue weighted by Gasteiger charge is -2.63. The van der Waals surface area contributed by atoms with Crippen LogP contribution in [-0.2, 0) is 20.8 Å². The van der Waals surface area contributed by atoms with E-state index in [4.69, 9.17) is 16.3 Å². The van der Waals surface area contributed by atoms with Gasteiger partial charge in [0, 0.05) is 66.6 Å². The van der Waals surface area contributed by atoms with Crippen LogP contribution in [0.1, 0.15) is 121 Å². The second kappa shape index (κ2) is 22.0. The van der Waals surface area contributed by atoms with Crippen LogP contribution in [0.25, 0.3) is 10.4 Å². The summed E-state index contributed by atoms with van der Waals surface area (Å²) in [5, 5.41) is 29.8. The molecule has 72 heavy (non-hydrogen) atoms. The molecule has 0 spiro atoms. The van der Waals surface area contributed by atoms with E-state index in [9.17, 15) is 29.5 Å². The van der Waals surface area contributed by atoms with Crippen molar-refractivity contribution in [3.8, 4) is 22.3 Å². The quantitative estimate of drug-likeness (QED) is 0.0861. The number of β-amino-alcohol motifs (C(OH)–C–C–N with tert-alkyl or cyclic N) is 1. The summed E-state index contributed by atoms with van der Waals surface area (Å²) in [6.07, 6.45) is 0.833. The summed E-state index contributed by atoms with van der Waals surface area (Å²) in [4.78, 5) is 67.1. The van der Waals surface area contributed by atoms with Crippen LogP contribution in [-0.4, -0.2) is 124 Å². The minimum Gasteiger partial charge on any atom is -0.489 e. The van der Waals surface area contributed by atoms with E-state index in [0.717, 1.165) is 53.2 Å². The molecule has 386 valence electrons. The third-order valence-corrected chi connectivity index (χ3v) is 16.5. The molecular formula is C56H73ClN8O6S. The topological polar surface area (TPSA) is 180 Å². The number of nitrogens with zero attached hydrogens (tertiary/aromatic N) is 5. The molecule has 16 heteroatoms. The molecule has 3 aromatic carbocycles. The van der Waals surface area contributed by atoms with E-state index < -0.39 is 23.6 Å². The molecule has 4 amide bonds. The van der Waals surface area contributed by atoms with E-state index in [0.29, 0.717) is 28.4 Å². The molecule has 1 aliphatic carbocycles. The number of aliphatic hydroxyl groups is 1. The molecule has 2 aliphatic heterocycles. The Morgan fingerprint density at radius 2 is 1.60 bits per heavy atom. The van der Waals surface area contributed by atoms with E-state index in [2.05, 4.69) is 78.3 Å². The van der Waals surface area contributed by atoms with Crippen LogP contribution < -0.4 is 20.7 Å². The first-order valence-corrected chi connectivity index (χ1v) is 26.5. The van der Waals surface area contributed by atoms with Crippen molar-refractivity contribution in [3.63, 3.8) is 0 Å². The minimum atomic E-state index is -0.916. The van der Waals surface area contributed by atoms with Gasteiger partial charge in [-0.15, -0.1) is 11.3 Å². The molecule has 0 radical (unpaired) electrons. The molecule has 4 N–H and O–H groups in total. The third kappa shape index (κ3) is 12.0. The smallest absolute Gasteiger partial charge is 0.251 e. The van der Waals surface area contributed by atoms with Gasteiger partial charge in [0.2, 0.25) is 17.7 Å². The van der Waals surface area contributed by atoms with Crippen molar-refractivity contribution in [1.82, 2.24) is 35.6 Å². The number of benzene rings is 3. The normalized spacial score (nSPS) is 23.8. The Kier molecular flexibility index (Phi) is 16.6. The summed E-state index contributed by atoms with van der Waals surface area (Å²) in [7, 11) is 0. The number of ether oxygens (including phenoxy) is 1. The van der Waals surface area contributed by atoms with Gasteiger partial charge >= 0.3 is 0 Å². The number of halogens is 1. The van der Waals surface area contributed by atoms with Gasteiger partial charge in [0.05, 0.1) is 45.4 Å². The van der Waals surface area contributed by atoms with Gasteiger partial charge in [-0.1, -0.05) is 96.5 Å². The van der Waals surface area contributed by atoms with E-state index in [1.165, 1.54) is 4.90 Å². The molecule has 0 bridgehead atoms. The zero-order valence-corrected chi connectivity index (χ0v) is 45.3. The van der Waals surface area contributed by atoms with Gasteiger partial charge in [0.1, 0.15) is 30.0 Å². The maximum absolute atomic E-state index is 14.4. The van der Waals surface area contributed by atoms with Crippen molar-refractivity contribution in [2.24, 2.45) is 16.2 Å². The molecule has 0 unspecified atom stereocenters. The van der Waals surface area contributed by atoms with Crippen molar-refractivity contribution < 1.29 is 29.0 Å². The molecule has 7 rings (SSSR count). The zero-order chi connectivity index (χ0) is 52.4. The van der Waals surface area contributed by atoms with Crippen LogP contribution in [0.3, 0.4) is 0 Å². The van der Waals surface area contributed by atoms with Gasteiger partial charge < -0.3 is 30.7 Å². The number of carbonyl (C=O) groups excluding carboxylic acids is 4. The van der Waals surface area contributed by atoms with Gasteiger partial charge in [-0.2, -0.15) is 5.26 Å². The number of hydrogen-bond acceptors (Lipinski definition) is 11. The van der Waals surface area contributed by atoms with Crippen LogP contribution in [0.2, 0.25) is 5.02 Å². The highest BCUT2D eigenvalue weighted by Gasteiger charge is 2.64. The number of aromatic nitrogens is 1. The molecule has 3 aliphatic rings. The highest BCUT2D eigenvalue weighted by Crippen LogP contribution is 2.55. The highest BCUT2D eigenvalue weighted by molar-refractivity contribution is 7.13. The maximum Gasteiger partial charge on any atom is 0.251 e. The van der Waals surface area contributed by atoms with Crippen LogP contribution in [0.15, 0.2) is 72.2 Å². The fraction of sp³-hybridized carbons (Fsp3) is 0.536. The number of carbonyl (C=O) groups is 4. The Morgan fingerprint density at radius 1 is 0.944 bits per heavy atom. The Labute approximate surface area is 434 Å². The zero-order valence-electron chi connectivity index (χ0n) is 43.7. The van der Waals surface area contributed by atoms with E-state index >= 15 is 0 Å². The Balaban J connectivity index is 0.864. The first-order chi connectivity index (χ1) is 33.9. The van der Waals surface area contributed by atoms with Crippen molar-refractivity contribution in [1.29, 1.82) is 5.26 Å². The first kappa shape index (κ1) is 54.4. The van der Waals surface area contributed by atoms with Crippen molar-refractivity contribution in [3.05, 3.63) is 105 Å². The van der Waals surface area contributed by atoms with Crippen molar-refractivity contribution in [2.75, 3.05) is 32.7 Å². The number of nitrogens with one attached hydrogen (secondary N) is 3. The molecule has 14 nitrogen and oxygen atoms in total. The average Bonchev–Trinajstić information content (AvgIpc) is 3.95. The van der Waals surface area contributed by atoms with Crippen molar-refractivity contribution >= 4 is 46.6 Å². The number of aliphatic hydroxyl groups excluding tert-OH is 1. The number of nitriles is 1. The van der Waals surface area contributed by atoms with Crippen LogP contribution in [0, 0.1) is 34.5 Å². The lowest BCUT2D eigenvalue weighted by Crippen LogP contribution is -2.74. The second-order valence-corrected chi connectivity index (χ2v) is 23.9. The van der Waals surface area contributed by atoms with Gasteiger partial charge in [0.25, 0.3) is 5.91 Å². The lowest BCUT2D eigenvalue weighted by molar-refractivity contribution is -0.164. The molecule has 6 atom stereocenters. The molecule has 1 saturated carbocycles. The van der Waals surface area contributed by atoms with Gasteiger partial charge in [-0.25, -0.2) is 4.98 Å². The average molecular weight is 1020 g/mol. The largest absolute Gasteiger partial charge is 0.489 e. The lowest BCUT2D eigenvalue weighted by atomic mass is 9.49. The monoisotopic (exact) mass is 1020 g/mol. The predicted octanol–water partition coefficient (Wildman–Crippen LogP) is 7.95. The fourth-order valence-corrected chi connectivity index (χ4v) is 12.4. The second-order valence-electron chi connectivity index (χ2n) is 22.6. The van der Waals surface area contributed by atoms with Crippen molar-refractivity contribution in [2.45, 2.75) is 144 Å². The SMILES string of the molecule is Cc1ncsc1-c1ccc([C@H](C)NC(=O)[C@@H]2C[C@@H](O)CN2C(=O)[C@@H](NC(=O)CN2C[C@@H](C)N(CCCc3ccc(C(=O)NC4C(C)(C)C(Oc5ccc(C#N)c(Cl)c5)C4(C)C)cc3)C[C@@H]2C)C(C)(C)C)cc1. The number of likely N-dealkylation sites (tertiary alicyclic amines) is 1. The predicted molar refractivity (Wildman–Crippen MR) is 283 cm³/mol. The molecule has 3 heterocycles. The molecule has 2 saturated heterocycles. The number of thiazole rings is 1. The standard InChI is InChI=1S/C56H73ClN8O6S/c1-33-29-64(31-46(67)61-48(54(5,6)7)51(70)65-30-42(66)25-45(65)50(69)60-35(3)38-18-20-39(21-19-38)47-36(4)59-32-72-47)34(2)28-63(33)24-12-13-37-14-16-40(17-15-37)49(68)62-52-55(8,9)53(56(52,10)11)71-43-23-22-41(27-58)44(57)26-43/h14-23,26,32-35,42,45,48,52-53,66H,12-13,24-25,28-31H2,1-11H3,(H,60,69)(H,61,67)(H,62,68)/t33-,34+,35+,42-,45+,48-,52?,53?/m1/s1. The highest BCUT2D eigenvalue weighted by atomic mass is 35.5. The van der Waals surface area contributed by atoms with Crippen LogP contribution >= 0.6 is 22.9 Å². The number of piperazine rings is 1. The summed E-state index contributed by atoms with van der Waals surface area (Å²) in [6, 6.07) is 21.0. The third-order valence-electron chi connectivity index (χ3n) is 15.2. The Morgan fingerprint density at radius 3 is 2.21 bits per heavy atom. The number of amides is 4. The Bertz CT molecular complexity index is 2630. The molecule has 3 fully saturated rings. The molecule has 1 aromatic heterocycles. The fourth-order valence-electron chi connectivity index (χ4n) is 11.3.